The molecule has 0 amide bonds. The van der Waals surface area contributed by atoms with Gasteiger partial charge in [-0.3, -0.25) is 9.59 Å². The minimum atomic E-state index is -1.43. The molecule has 0 spiro atoms. The summed E-state index contributed by atoms with van der Waals surface area (Å²) >= 11 is 0. The van der Waals surface area contributed by atoms with Crippen LogP contribution in [0.2, 0.25) is 0 Å². The highest BCUT2D eigenvalue weighted by molar-refractivity contribution is 5.94. The third kappa shape index (κ3) is 2.97. The molecule has 18 heavy (non-hydrogen) atoms. The Balaban J connectivity index is 3.01. The minimum Gasteiger partial charge on any atom is -0.494 e. The van der Waals surface area contributed by atoms with Crippen LogP contribution in [0.1, 0.15) is 5.56 Å². The summed E-state index contributed by atoms with van der Waals surface area (Å²) in [6.45, 7) is 0. The van der Waals surface area contributed by atoms with Crippen molar-refractivity contribution in [2.75, 3.05) is 14.2 Å². The normalized spacial score (nSPS) is 11.7. The van der Waals surface area contributed by atoms with E-state index < -0.39 is 23.7 Å². The molecule has 98 valence electrons. The Bertz CT molecular complexity index is 458. The molecule has 0 radical (unpaired) electrons. The summed E-state index contributed by atoms with van der Waals surface area (Å²) in [6.07, 6.45) is -0.287. The maximum absolute atomic E-state index is 13.8. The van der Waals surface area contributed by atoms with Crippen molar-refractivity contribution in [1.82, 2.24) is 0 Å². The zero-order valence-corrected chi connectivity index (χ0v) is 9.97. The number of ether oxygens (including phenoxy) is 2. The van der Waals surface area contributed by atoms with Gasteiger partial charge in [-0.15, -0.1) is 0 Å². The smallest absolute Gasteiger partial charge is 0.320 e. The van der Waals surface area contributed by atoms with Gasteiger partial charge >= 0.3 is 11.9 Å². The van der Waals surface area contributed by atoms with Crippen LogP contribution in [-0.4, -0.2) is 31.3 Å². The summed E-state index contributed by atoms with van der Waals surface area (Å²) in [6, 6.07) is 4.33. The van der Waals surface area contributed by atoms with E-state index in [1.165, 1.54) is 25.3 Å². The van der Waals surface area contributed by atoms with E-state index >= 15 is 0 Å². The standard InChI is InChI=1S/C12H13FO5/c1-17-9-5-3-4-7(10(9)13)6-8(11(14)15)12(16)18-2/h3-5,8H,6H2,1-2H3,(H,14,15). The number of halogens is 1. The molecule has 0 heterocycles. The summed E-state index contributed by atoms with van der Waals surface area (Å²) in [5.74, 6) is -4.37. The van der Waals surface area contributed by atoms with Crippen molar-refractivity contribution >= 4 is 11.9 Å². The molecule has 0 saturated heterocycles. The Morgan fingerprint density at radius 1 is 1.39 bits per heavy atom. The van der Waals surface area contributed by atoms with E-state index in [0.29, 0.717) is 0 Å². The van der Waals surface area contributed by atoms with Gasteiger partial charge in [0.25, 0.3) is 0 Å². The fourth-order valence-electron chi connectivity index (χ4n) is 1.51. The van der Waals surface area contributed by atoms with Gasteiger partial charge in [0.15, 0.2) is 17.5 Å². The molecule has 1 N–H and O–H groups in total. The van der Waals surface area contributed by atoms with Gasteiger partial charge in [-0.25, -0.2) is 4.39 Å². The van der Waals surface area contributed by atoms with Crippen LogP contribution in [0.5, 0.6) is 5.75 Å². The van der Waals surface area contributed by atoms with Gasteiger partial charge in [0.1, 0.15) is 0 Å². The van der Waals surface area contributed by atoms with Gasteiger partial charge in [0.05, 0.1) is 14.2 Å². The van der Waals surface area contributed by atoms with E-state index in [9.17, 15) is 14.0 Å². The van der Waals surface area contributed by atoms with Crippen LogP contribution < -0.4 is 4.74 Å². The highest BCUT2D eigenvalue weighted by atomic mass is 19.1. The molecule has 1 aromatic rings. The summed E-state index contributed by atoms with van der Waals surface area (Å²) in [4.78, 5) is 22.2. The number of rotatable bonds is 5. The molecule has 1 aromatic carbocycles. The second kappa shape index (κ2) is 6.00. The van der Waals surface area contributed by atoms with E-state index in [2.05, 4.69) is 4.74 Å². The van der Waals surface area contributed by atoms with E-state index in [-0.39, 0.29) is 17.7 Å². The van der Waals surface area contributed by atoms with Gasteiger partial charge in [0.2, 0.25) is 0 Å². The molecule has 0 aromatic heterocycles. The number of aliphatic carboxylic acids is 1. The molecule has 0 bridgehead atoms. The number of esters is 1. The first-order valence-electron chi connectivity index (χ1n) is 5.13. The van der Waals surface area contributed by atoms with E-state index in [1.807, 2.05) is 0 Å². The van der Waals surface area contributed by atoms with Crippen LogP contribution in [0.25, 0.3) is 0 Å². The first kappa shape index (κ1) is 14.0. The molecule has 1 unspecified atom stereocenters. The van der Waals surface area contributed by atoms with Crippen molar-refractivity contribution in [3.05, 3.63) is 29.6 Å². The predicted molar refractivity (Wildman–Crippen MR) is 59.8 cm³/mol. The largest absolute Gasteiger partial charge is 0.494 e. The van der Waals surface area contributed by atoms with Crippen LogP contribution in [0.3, 0.4) is 0 Å². The first-order chi connectivity index (χ1) is 8.51. The third-order valence-corrected chi connectivity index (χ3v) is 2.47. The number of hydrogen-bond acceptors (Lipinski definition) is 4. The molecule has 6 heteroatoms. The predicted octanol–water partition coefficient (Wildman–Crippen LogP) is 1.25. The zero-order chi connectivity index (χ0) is 13.7. The van der Waals surface area contributed by atoms with Gasteiger partial charge in [-0.05, 0) is 18.1 Å². The number of carboxylic acids is 1. The minimum absolute atomic E-state index is 0.00139. The Labute approximate surface area is 103 Å². The molecule has 0 saturated carbocycles. The number of benzene rings is 1. The molecule has 0 aliphatic carbocycles. The average Bonchev–Trinajstić information content (AvgIpc) is 2.36. The van der Waals surface area contributed by atoms with E-state index in [0.717, 1.165) is 7.11 Å². The lowest BCUT2D eigenvalue weighted by Crippen LogP contribution is -2.27. The topological polar surface area (TPSA) is 72.8 Å². The Hall–Kier alpha value is -2.11. The van der Waals surface area contributed by atoms with Crippen molar-refractivity contribution < 1.29 is 28.6 Å². The van der Waals surface area contributed by atoms with Gasteiger partial charge in [-0.2, -0.15) is 0 Å². The number of hydrogen-bond donors (Lipinski definition) is 1. The molecule has 1 atom stereocenters. The molecule has 0 fully saturated rings. The maximum Gasteiger partial charge on any atom is 0.320 e. The lowest BCUT2D eigenvalue weighted by molar-refractivity contribution is -0.156. The van der Waals surface area contributed by atoms with Crippen molar-refractivity contribution in [3.63, 3.8) is 0 Å². The van der Waals surface area contributed by atoms with Crippen molar-refractivity contribution in [3.8, 4) is 5.75 Å². The number of carbonyl (C=O) groups excluding carboxylic acids is 1. The van der Waals surface area contributed by atoms with Crippen molar-refractivity contribution in [2.45, 2.75) is 6.42 Å². The summed E-state index contributed by atoms with van der Waals surface area (Å²) in [5, 5.41) is 8.90. The number of carbonyl (C=O) groups is 2. The molecule has 5 nitrogen and oxygen atoms in total. The average molecular weight is 256 g/mol. The number of carboxylic acid groups (broad SMARTS) is 1. The lowest BCUT2D eigenvalue weighted by atomic mass is 9.99. The highest BCUT2D eigenvalue weighted by Crippen LogP contribution is 2.22. The Morgan fingerprint density at radius 3 is 2.56 bits per heavy atom. The van der Waals surface area contributed by atoms with Gasteiger partial charge in [-0.1, -0.05) is 12.1 Å². The zero-order valence-electron chi connectivity index (χ0n) is 9.97. The second-order valence-electron chi connectivity index (χ2n) is 3.55. The molecular weight excluding hydrogens is 243 g/mol. The van der Waals surface area contributed by atoms with Crippen molar-refractivity contribution in [2.24, 2.45) is 5.92 Å². The quantitative estimate of drug-likeness (QED) is 0.634. The maximum atomic E-state index is 13.8. The van der Waals surface area contributed by atoms with Crippen LogP contribution in [-0.2, 0) is 20.7 Å². The van der Waals surface area contributed by atoms with Crippen LogP contribution >= 0.6 is 0 Å². The van der Waals surface area contributed by atoms with Gasteiger partial charge in [0, 0.05) is 0 Å². The lowest BCUT2D eigenvalue weighted by Gasteiger charge is -2.12. The van der Waals surface area contributed by atoms with Crippen LogP contribution in [0.15, 0.2) is 18.2 Å². The van der Waals surface area contributed by atoms with E-state index in [4.69, 9.17) is 9.84 Å². The first-order valence-corrected chi connectivity index (χ1v) is 5.13. The van der Waals surface area contributed by atoms with Crippen molar-refractivity contribution in [1.29, 1.82) is 0 Å². The number of methoxy groups -OCH3 is 2. The fraction of sp³-hybridized carbons (Fsp3) is 0.333. The Morgan fingerprint density at radius 2 is 2.06 bits per heavy atom. The highest BCUT2D eigenvalue weighted by Gasteiger charge is 2.28. The van der Waals surface area contributed by atoms with E-state index in [1.54, 1.807) is 0 Å². The fourth-order valence-corrected chi connectivity index (χ4v) is 1.51. The second-order valence-corrected chi connectivity index (χ2v) is 3.55. The SMILES string of the molecule is COC(=O)C(Cc1cccc(OC)c1F)C(=O)O. The molecular formula is C12H13FO5. The molecule has 0 aliphatic rings. The van der Waals surface area contributed by atoms with Crippen LogP contribution in [0.4, 0.5) is 4.39 Å². The summed E-state index contributed by atoms with van der Waals surface area (Å²) in [5.41, 5.74) is 0.0900. The van der Waals surface area contributed by atoms with Crippen LogP contribution in [0, 0.1) is 11.7 Å². The van der Waals surface area contributed by atoms with Gasteiger partial charge < -0.3 is 14.6 Å². The summed E-state index contributed by atoms with van der Waals surface area (Å²) < 4.78 is 22.9. The third-order valence-electron chi connectivity index (χ3n) is 2.47. The monoisotopic (exact) mass is 256 g/mol. The Kier molecular flexibility index (Phi) is 4.65. The molecule has 1 rings (SSSR count). The molecule has 0 aliphatic heterocycles. The summed E-state index contributed by atoms with van der Waals surface area (Å²) in [7, 11) is 2.39.